The van der Waals surface area contributed by atoms with Crippen molar-refractivity contribution < 1.29 is 13.5 Å². The monoisotopic (exact) mass is 454 g/mol. The third-order valence-corrected chi connectivity index (χ3v) is 5.36. The summed E-state index contributed by atoms with van der Waals surface area (Å²) in [4.78, 5) is 8.29. The molecule has 1 aliphatic rings. The Morgan fingerprint density at radius 2 is 2.03 bits per heavy atom. The number of halogens is 4. The molecule has 2 aromatic carbocycles. The number of aliphatic imine (C=N–C) groups is 2. The van der Waals surface area contributed by atoms with Gasteiger partial charge in [-0.3, -0.25) is 9.71 Å². The summed E-state index contributed by atoms with van der Waals surface area (Å²) < 4.78 is 36.9. The van der Waals surface area contributed by atoms with Gasteiger partial charge in [0.1, 0.15) is 17.3 Å². The SMILES string of the molecule is C=C/C(F)=C(/CN=C1NSc2c(Cl)cc(F)c(Oc3ccccc3Cl)c2N1)N=C. The molecule has 0 spiro atoms. The summed E-state index contributed by atoms with van der Waals surface area (Å²) >= 11 is 13.4. The molecule has 0 aliphatic carbocycles. The Labute approximate surface area is 180 Å². The van der Waals surface area contributed by atoms with Crippen LogP contribution in [0.3, 0.4) is 0 Å². The Bertz CT molecular complexity index is 1040. The summed E-state index contributed by atoms with van der Waals surface area (Å²) in [5.41, 5.74) is 0.274. The smallest absolute Gasteiger partial charge is 0.206 e. The van der Waals surface area contributed by atoms with Crippen molar-refractivity contribution in [3.63, 3.8) is 0 Å². The van der Waals surface area contributed by atoms with Gasteiger partial charge in [-0.1, -0.05) is 41.9 Å². The zero-order valence-corrected chi connectivity index (χ0v) is 17.1. The van der Waals surface area contributed by atoms with E-state index in [0.717, 1.165) is 24.1 Å². The lowest BCUT2D eigenvalue weighted by Crippen LogP contribution is -2.30. The fourth-order valence-electron chi connectivity index (χ4n) is 2.32. The maximum absolute atomic E-state index is 14.6. The number of hydrogen-bond acceptors (Lipinski definition) is 4. The van der Waals surface area contributed by atoms with Gasteiger partial charge in [0, 0.05) is 0 Å². The van der Waals surface area contributed by atoms with Crippen molar-refractivity contribution in [3.8, 4) is 11.5 Å². The second kappa shape index (κ2) is 9.30. The number of allylic oxidation sites excluding steroid dienone is 2. The highest BCUT2D eigenvalue weighted by Crippen LogP contribution is 2.45. The number of benzene rings is 2. The van der Waals surface area contributed by atoms with E-state index in [1.54, 1.807) is 24.3 Å². The zero-order chi connectivity index (χ0) is 21.0. The van der Waals surface area contributed by atoms with Crippen molar-refractivity contribution in [2.45, 2.75) is 4.90 Å². The minimum Gasteiger partial charge on any atom is -0.450 e. The third kappa shape index (κ3) is 4.72. The van der Waals surface area contributed by atoms with Crippen LogP contribution in [0.1, 0.15) is 0 Å². The van der Waals surface area contributed by atoms with Gasteiger partial charge in [0.05, 0.1) is 27.2 Å². The van der Waals surface area contributed by atoms with Crippen molar-refractivity contribution in [2.24, 2.45) is 9.98 Å². The van der Waals surface area contributed by atoms with E-state index in [1.165, 1.54) is 0 Å². The van der Waals surface area contributed by atoms with Crippen molar-refractivity contribution in [1.29, 1.82) is 0 Å². The molecule has 150 valence electrons. The van der Waals surface area contributed by atoms with Crippen LogP contribution in [0.15, 0.2) is 69.4 Å². The zero-order valence-electron chi connectivity index (χ0n) is 14.8. The Morgan fingerprint density at radius 3 is 2.72 bits per heavy atom. The van der Waals surface area contributed by atoms with Crippen LogP contribution in [-0.2, 0) is 0 Å². The molecule has 3 rings (SSSR count). The lowest BCUT2D eigenvalue weighted by Gasteiger charge is -2.24. The predicted molar refractivity (Wildman–Crippen MR) is 116 cm³/mol. The van der Waals surface area contributed by atoms with Crippen LogP contribution >= 0.6 is 35.1 Å². The van der Waals surface area contributed by atoms with E-state index in [9.17, 15) is 8.78 Å². The minimum atomic E-state index is -0.686. The van der Waals surface area contributed by atoms with Gasteiger partial charge in [-0.05, 0) is 42.9 Å². The molecule has 1 aliphatic heterocycles. The first-order valence-electron chi connectivity index (χ1n) is 8.11. The molecule has 2 N–H and O–H groups in total. The largest absolute Gasteiger partial charge is 0.450 e. The van der Waals surface area contributed by atoms with E-state index in [-0.39, 0.29) is 40.4 Å². The highest BCUT2D eigenvalue weighted by molar-refractivity contribution is 7.98. The summed E-state index contributed by atoms with van der Waals surface area (Å²) in [6.45, 7) is 6.54. The number of para-hydroxylation sites is 1. The fraction of sp³-hybridized carbons (Fsp3) is 0.0526. The number of nitrogens with one attached hydrogen (secondary N) is 2. The van der Waals surface area contributed by atoms with Gasteiger partial charge in [0.25, 0.3) is 0 Å². The van der Waals surface area contributed by atoms with E-state index in [1.807, 2.05) is 0 Å². The Balaban J connectivity index is 1.96. The van der Waals surface area contributed by atoms with Crippen molar-refractivity contribution in [2.75, 3.05) is 11.9 Å². The van der Waals surface area contributed by atoms with Crippen LogP contribution in [0.2, 0.25) is 10.0 Å². The van der Waals surface area contributed by atoms with Crippen LogP contribution in [0, 0.1) is 5.82 Å². The summed E-state index contributed by atoms with van der Waals surface area (Å²) in [6, 6.07) is 7.82. The summed E-state index contributed by atoms with van der Waals surface area (Å²) in [5, 5.41) is 3.41. The van der Waals surface area contributed by atoms with Crippen molar-refractivity contribution in [1.82, 2.24) is 4.72 Å². The van der Waals surface area contributed by atoms with Crippen LogP contribution in [0.25, 0.3) is 0 Å². The molecule has 29 heavy (non-hydrogen) atoms. The first-order valence-corrected chi connectivity index (χ1v) is 9.68. The van der Waals surface area contributed by atoms with Gasteiger partial charge in [-0.15, -0.1) is 0 Å². The van der Waals surface area contributed by atoms with Gasteiger partial charge < -0.3 is 10.1 Å². The Hall–Kier alpha value is -2.55. The average Bonchev–Trinajstić information content (AvgIpc) is 2.72. The van der Waals surface area contributed by atoms with Crippen LogP contribution in [0.4, 0.5) is 14.5 Å². The lowest BCUT2D eigenvalue weighted by molar-refractivity contribution is 0.443. The quantitative estimate of drug-likeness (QED) is 0.302. The highest BCUT2D eigenvalue weighted by Gasteiger charge is 2.25. The van der Waals surface area contributed by atoms with Gasteiger partial charge in [0.15, 0.2) is 11.6 Å². The van der Waals surface area contributed by atoms with Crippen LogP contribution in [0.5, 0.6) is 11.5 Å². The third-order valence-electron chi connectivity index (χ3n) is 3.72. The molecule has 0 saturated heterocycles. The predicted octanol–water partition coefficient (Wildman–Crippen LogP) is 6.37. The number of hydrogen-bond donors (Lipinski definition) is 2. The first kappa shape index (κ1) is 21.2. The summed E-state index contributed by atoms with van der Waals surface area (Å²) in [5.74, 6) is -0.921. The Kier molecular flexibility index (Phi) is 6.79. The second-order valence-corrected chi connectivity index (χ2v) is 7.19. The minimum absolute atomic E-state index is 0.0108. The molecule has 1 heterocycles. The second-order valence-electron chi connectivity index (χ2n) is 5.56. The molecule has 0 unspecified atom stereocenters. The average molecular weight is 455 g/mol. The topological polar surface area (TPSA) is 58.0 Å². The maximum Gasteiger partial charge on any atom is 0.206 e. The molecule has 0 atom stereocenters. The number of fused-ring (bicyclic) bond motifs is 1. The molecule has 2 aromatic rings. The number of guanidine groups is 1. The number of anilines is 1. The van der Waals surface area contributed by atoms with Gasteiger partial charge in [0.2, 0.25) is 5.96 Å². The first-order chi connectivity index (χ1) is 13.9. The number of nitrogens with zero attached hydrogens (tertiary/aromatic N) is 2. The van der Waals surface area contributed by atoms with E-state index < -0.39 is 11.6 Å². The van der Waals surface area contributed by atoms with Gasteiger partial charge >= 0.3 is 0 Å². The molecule has 0 amide bonds. The summed E-state index contributed by atoms with van der Waals surface area (Å²) in [6.07, 6.45) is 1.01. The number of rotatable bonds is 6. The van der Waals surface area contributed by atoms with Crippen LogP contribution < -0.4 is 14.8 Å². The fourth-order valence-corrected chi connectivity index (χ4v) is 3.52. The molecular weight excluding hydrogens is 441 g/mol. The normalized spacial score (nSPS) is 15.0. The molecule has 0 aromatic heterocycles. The van der Waals surface area contributed by atoms with E-state index in [4.69, 9.17) is 27.9 Å². The number of ether oxygens (including phenoxy) is 1. The maximum atomic E-state index is 14.6. The molecule has 10 heteroatoms. The van der Waals surface area contributed by atoms with E-state index >= 15 is 0 Å². The summed E-state index contributed by atoms with van der Waals surface area (Å²) in [7, 11) is 0. The molecular formula is C19H14Cl2F2N4OS. The molecule has 0 radical (unpaired) electrons. The molecule has 0 bridgehead atoms. The van der Waals surface area contributed by atoms with E-state index in [0.29, 0.717) is 9.92 Å². The molecule has 0 fully saturated rings. The standard InChI is InChI=1S/C19H14Cl2F2N4OS/c1-3-12(22)14(24-2)9-25-19-26-16-17(28-15-7-5-4-6-10(15)20)13(23)8-11(21)18(16)29-27-19/h3-8H,1-2,9H2,(H2,25,26,27)/b14-12+. The lowest BCUT2D eigenvalue weighted by atomic mass is 10.2. The highest BCUT2D eigenvalue weighted by atomic mass is 35.5. The van der Waals surface area contributed by atoms with E-state index in [2.05, 4.69) is 33.3 Å². The van der Waals surface area contributed by atoms with Crippen molar-refractivity contribution >= 4 is 53.5 Å². The van der Waals surface area contributed by atoms with Gasteiger partial charge in [-0.2, -0.15) is 0 Å². The molecule has 5 nitrogen and oxygen atoms in total. The Morgan fingerprint density at radius 1 is 1.28 bits per heavy atom. The molecule has 0 saturated carbocycles. The van der Waals surface area contributed by atoms with Gasteiger partial charge in [-0.25, -0.2) is 13.8 Å². The van der Waals surface area contributed by atoms with Crippen molar-refractivity contribution in [3.05, 3.63) is 70.4 Å². The van der Waals surface area contributed by atoms with Crippen LogP contribution in [-0.4, -0.2) is 19.2 Å².